The van der Waals surface area contributed by atoms with Crippen molar-refractivity contribution in [3.05, 3.63) is 54.1 Å². The van der Waals surface area contributed by atoms with Crippen LogP contribution in [-0.2, 0) is 4.79 Å². The first-order valence-corrected chi connectivity index (χ1v) is 6.90. The summed E-state index contributed by atoms with van der Waals surface area (Å²) >= 11 is 0. The molecule has 0 aromatic heterocycles. The van der Waals surface area contributed by atoms with Crippen LogP contribution in [0.5, 0.6) is 11.5 Å². The molecule has 0 saturated heterocycles. The summed E-state index contributed by atoms with van der Waals surface area (Å²) in [5.74, 6) is 1.44. The van der Waals surface area contributed by atoms with Gasteiger partial charge in [0.1, 0.15) is 11.5 Å². The van der Waals surface area contributed by atoms with Gasteiger partial charge < -0.3 is 9.47 Å². The number of methoxy groups -OCH3 is 2. The number of anilines is 1. The molecule has 3 rings (SSSR count). The molecule has 0 aliphatic carbocycles. The fraction of sp³-hybridized carbons (Fsp3) is 0.176. The average molecular weight is 296 g/mol. The van der Waals surface area contributed by atoms with Crippen molar-refractivity contribution in [3.63, 3.8) is 0 Å². The Balaban J connectivity index is 1.90. The van der Waals surface area contributed by atoms with Crippen LogP contribution >= 0.6 is 0 Å². The Morgan fingerprint density at radius 1 is 1.00 bits per heavy atom. The Hall–Kier alpha value is -2.82. The van der Waals surface area contributed by atoms with Crippen molar-refractivity contribution in [3.8, 4) is 11.5 Å². The summed E-state index contributed by atoms with van der Waals surface area (Å²) < 4.78 is 10.3. The highest BCUT2D eigenvalue weighted by Gasteiger charge is 2.26. The van der Waals surface area contributed by atoms with Crippen molar-refractivity contribution in [1.29, 1.82) is 0 Å². The molecule has 1 aliphatic rings. The fourth-order valence-corrected chi connectivity index (χ4v) is 2.32. The Labute approximate surface area is 128 Å². The standard InChI is InChI=1S/C17H16N2O3/c1-21-14-8-6-13(7-9-14)19-17(20)11-16(18-19)12-4-3-5-15(10-12)22-2/h3-10H,11H2,1-2H3. The normalized spacial score (nSPS) is 14.0. The maximum atomic E-state index is 12.2. The molecule has 22 heavy (non-hydrogen) atoms. The molecule has 2 aromatic carbocycles. The first-order chi connectivity index (χ1) is 10.7. The molecule has 1 amide bonds. The van der Waals surface area contributed by atoms with Gasteiger partial charge in [-0.25, -0.2) is 5.01 Å². The smallest absolute Gasteiger partial charge is 0.253 e. The Bertz CT molecular complexity index is 723. The van der Waals surface area contributed by atoms with E-state index < -0.39 is 0 Å². The third kappa shape index (κ3) is 2.65. The molecule has 1 heterocycles. The van der Waals surface area contributed by atoms with Crippen LogP contribution in [0.1, 0.15) is 12.0 Å². The molecule has 0 saturated carbocycles. The van der Waals surface area contributed by atoms with E-state index in [1.54, 1.807) is 14.2 Å². The first kappa shape index (κ1) is 14.1. The third-order valence-corrected chi connectivity index (χ3v) is 3.50. The molecule has 5 nitrogen and oxygen atoms in total. The largest absolute Gasteiger partial charge is 0.497 e. The van der Waals surface area contributed by atoms with E-state index in [-0.39, 0.29) is 12.3 Å². The molecule has 0 unspecified atom stereocenters. The van der Waals surface area contributed by atoms with E-state index >= 15 is 0 Å². The van der Waals surface area contributed by atoms with Crippen molar-refractivity contribution in [1.82, 2.24) is 0 Å². The lowest BCUT2D eigenvalue weighted by Gasteiger charge is -2.11. The number of amides is 1. The molecule has 5 heteroatoms. The van der Waals surface area contributed by atoms with Gasteiger partial charge in [0.15, 0.2) is 0 Å². The maximum Gasteiger partial charge on any atom is 0.253 e. The number of hydrogen-bond acceptors (Lipinski definition) is 4. The minimum atomic E-state index is -0.0528. The monoisotopic (exact) mass is 296 g/mol. The number of hydrogen-bond donors (Lipinski definition) is 0. The Kier molecular flexibility index (Phi) is 3.78. The number of rotatable bonds is 4. The van der Waals surface area contributed by atoms with Gasteiger partial charge in [0.2, 0.25) is 0 Å². The molecule has 2 aromatic rings. The molecule has 1 aliphatic heterocycles. The fourth-order valence-electron chi connectivity index (χ4n) is 2.32. The van der Waals surface area contributed by atoms with E-state index in [0.29, 0.717) is 0 Å². The summed E-state index contributed by atoms with van der Waals surface area (Å²) in [5.41, 5.74) is 2.35. The Morgan fingerprint density at radius 3 is 2.41 bits per heavy atom. The van der Waals surface area contributed by atoms with Crippen LogP contribution in [0.4, 0.5) is 5.69 Å². The van der Waals surface area contributed by atoms with E-state index in [1.807, 2.05) is 48.5 Å². The summed E-state index contributed by atoms with van der Waals surface area (Å²) in [7, 11) is 3.22. The quantitative estimate of drug-likeness (QED) is 0.871. The van der Waals surface area contributed by atoms with Crippen molar-refractivity contribution in [2.75, 3.05) is 19.2 Å². The summed E-state index contributed by atoms with van der Waals surface area (Å²) in [4.78, 5) is 12.2. The minimum Gasteiger partial charge on any atom is -0.497 e. The van der Waals surface area contributed by atoms with Gasteiger partial charge in [0.05, 0.1) is 32.0 Å². The van der Waals surface area contributed by atoms with Gasteiger partial charge in [-0.15, -0.1) is 0 Å². The molecule has 0 radical (unpaired) electrons. The van der Waals surface area contributed by atoms with E-state index in [1.165, 1.54) is 5.01 Å². The maximum absolute atomic E-state index is 12.2. The number of hydrazone groups is 1. The van der Waals surface area contributed by atoms with E-state index in [2.05, 4.69) is 5.10 Å². The van der Waals surface area contributed by atoms with Gasteiger partial charge in [-0.1, -0.05) is 12.1 Å². The third-order valence-electron chi connectivity index (χ3n) is 3.50. The van der Waals surface area contributed by atoms with Gasteiger partial charge in [0.25, 0.3) is 5.91 Å². The molecule has 0 N–H and O–H groups in total. The van der Waals surface area contributed by atoms with Gasteiger partial charge >= 0.3 is 0 Å². The van der Waals surface area contributed by atoms with E-state index in [4.69, 9.17) is 9.47 Å². The SMILES string of the molecule is COc1ccc(N2N=C(c3cccc(OC)c3)CC2=O)cc1. The lowest BCUT2D eigenvalue weighted by atomic mass is 10.1. The first-order valence-electron chi connectivity index (χ1n) is 6.90. The summed E-state index contributed by atoms with van der Waals surface area (Å²) in [5, 5.41) is 5.87. The second-order valence-electron chi connectivity index (χ2n) is 4.86. The minimum absolute atomic E-state index is 0.0528. The summed E-state index contributed by atoms with van der Waals surface area (Å²) in [6.07, 6.45) is 0.277. The van der Waals surface area contributed by atoms with Crippen molar-refractivity contribution in [2.45, 2.75) is 6.42 Å². The second kappa shape index (κ2) is 5.89. The lowest BCUT2D eigenvalue weighted by Crippen LogP contribution is -2.19. The number of ether oxygens (including phenoxy) is 2. The summed E-state index contributed by atoms with van der Waals surface area (Å²) in [6.45, 7) is 0. The number of carbonyl (C=O) groups is 1. The van der Waals surface area contributed by atoms with Gasteiger partial charge in [-0.3, -0.25) is 4.79 Å². The second-order valence-corrected chi connectivity index (χ2v) is 4.86. The average Bonchev–Trinajstić information content (AvgIpc) is 2.97. The molecule has 0 spiro atoms. The molecular formula is C17H16N2O3. The van der Waals surface area contributed by atoms with Crippen molar-refractivity contribution >= 4 is 17.3 Å². The van der Waals surface area contributed by atoms with Crippen LogP contribution in [0.15, 0.2) is 53.6 Å². The molecular weight excluding hydrogens is 280 g/mol. The highest BCUT2D eigenvalue weighted by Crippen LogP contribution is 2.25. The van der Waals surface area contributed by atoms with Crippen LogP contribution in [0.3, 0.4) is 0 Å². The number of nitrogens with zero attached hydrogens (tertiary/aromatic N) is 2. The van der Waals surface area contributed by atoms with Crippen molar-refractivity contribution in [2.24, 2.45) is 5.10 Å². The predicted octanol–water partition coefficient (Wildman–Crippen LogP) is 2.84. The Morgan fingerprint density at radius 2 is 1.73 bits per heavy atom. The zero-order chi connectivity index (χ0) is 15.5. The van der Waals surface area contributed by atoms with Crippen LogP contribution in [-0.4, -0.2) is 25.8 Å². The van der Waals surface area contributed by atoms with E-state index in [9.17, 15) is 4.79 Å². The molecule has 112 valence electrons. The van der Waals surface area contributed by atoms with E-state index in [0.717, 1.165) is 28.5 Å². The number of benzene rings is 2. The van der Waals surface area contributed by atoms with Crippen LogP contribution < -0.4 is 14.5 Å². The predicted molar refractivity (Wildman–Crippen MR) is 84.6 cm³/mol. The highest BCUT2D eigenvalue weighted by molar-refractivity contribution is 6.19. The zero-order valence-electron chi connectivity index (χ0n) is 12.4. The number of carbonyl (C=O) groups excluding carboxylic acids is 1. The van der Waals surface area contributed by atoms with Crippen molar-refractivity contribution < 1.29 is 14.3 Å². The zero-order valence-corrected chi connectivity index (χ0v) is 12.4. The molecule has 0 fully saturated rings. The molecule has 0 atom stereocenters. The van der Waals surface area contributed by atoms with Crippen LogP contribution in [0.2, 0.25) is 0 Å². The van der Waals surface area contributed by atoms with Gasteiger partial charge in [0, 0.05) is 5.56 Å². The van der Waals surface area contributed by atoms with Crippen LogP contribution in [0, 0.1) is 0 Å². The van der Waals surface area contributed by atoms with Gasteiger partial charge in [-0.2, -0.15) is 5.10 Å². The molecule has 0 bridgehead atoms. The lowest BCUT2D eigenvalue weighted by molar-refractivity contribution is -0.116. The highest BCUT2D eigenvalue weighted by atomic mass is 16.5. The van der Waals surface area contributed by atoms with Crippen LogP contribution in [0.25, 0.3) is 0 Å². The topological polar surface area (TPSA) is 51.1 Å². The van der Waals surface area contributed by atoms with Gasteiger partial charge in [-0.05, 0) is 36.4 Å². The summed E-state index contributed by atoms with van der Waals surface area (Å²) in [6, 6.07) is 14.8.